The van der Waals surface area contributed by atoms with E-state index in [1.165, 1.54) is 37.6 Å². The molecule has 10 nitrogen and oxygen atoms in total. The van der Waals surface area contributed by atoms with Gasteiger partial charge >= 0.3 is 0 Å². The number of nitrogens with zero attached hydrogens (tertiary/aromatic N) is 2. The SMILES string of the molecule is COc1cc(/C=N/NC(=O)c2ccc([N+](=O)[O-])cc2)cc(I)c1OCC(=O)Nc1cccc(C)c1C. The largest absolute Gasteiger partial charge is 0.493 e. The van der Waals surface area contributed by atoms with Gasteiger partial charge in [0.2, 0.25) is 0 Å². The Morgan fingerprint density at radius 3 is 2.53 bits per heavy atom. The number of anilines is 1. The van der Waals surface area contributed by atoms with Gasteiger partial charge in [0.15, 0.2) is 18.1 Å². The topological polar surface area (TPSA) is 132 Å². The maximum Gasteiger partial charge on any atom is 0.271 e. The molecule has 0 aromatic heterocycles. The number of carbonyl (C=O) groups is 2. The van der Waals surface area contributed by atoms with Crippen molar-refractivity contribution in [3.63, 3.8) is 0 Å². The number of hydrogen-bond acceptors (Lipinski definition) is 7. The molecule has 0 spiro atoms. The van der Waals surface area contributed by atoms with Crippen LogP contribution in [0.15, 0.2) is 59.7 Å². The maximum absolute atomic E-state index is 12.4. The second-order valence-electron chi connectivity index (χ2n) is 7.62. The minimum absolute atomic E-state index is 0.109. The lowest BCUT2D eigenvalue weighted by Gasteiger charge is -2.14. The van der Waals surface area contributed by atoms with E-state index in [1.54, 1.807) is 12.1 Å². The van der Waals surface area contributed by atoms with Crippen LogP contribution in [0.2, 0.25) is 0 Å². The molecule has 36 heavy (non-hydrogen) atoms. The molecule has 0 aliphatic rings. The molecule has 0 saturated heterocycles. The second-order valence-corrected chi connectivity index (χ2v) is 8.78. The molecule has 3 aromatic rings. The summed E-state index contributed by atoms with van der Waals surface area (Å²) < 4.78 is 11.8. The first-order valence-corrected chi connectivity index (χ1v) is 11.7. The van der Waals surface area contributed by atoms with Gasteiger partial charge in [0, 0.05) is 23.4 Å². The number of amides is 2. The molecule has 0 aliphatic heterocycles. The number of benzene rings is 3. The lowest BCUT2D eigenvalue weighted by atomic mass is 10.1. The number of carbonyl (C=O) groups excluding carboxylic acids is 2. The number of hydrazone groups is 1. The van der Waals surface area contributed by atoms with Gasteiger partial charge in [-0.25, -0.2) is 5.43 Å². The van der Waals surface area contributed by atoms with E-state index in [9.17, 15) is 19.7 Å². The molecular formula is C25H23IN4O6. The Labute approximate surface area is 221 Å². The van der Waals surface area contributed by atoms with Crippen molar-refractivity contribution >= 4 is 52.0 Å². The normalized spacial score (nSPS) is 10.7. The summed E-state index contributed by atoms with van der Waals surface area (Å²) in [7, 11) is 1.48. The molecule has 11 heteroatoms. The van der Waals surface area contributed by atoms with Gasteiger partial charge in [-0.2, -0.15) is 5.10 Å². The first-order valence-electron chi connectivity index (χ1n) is 10.6. The maximum atomic E-state index is 12.4. The van der Waals surface area contributed by atoms with Crippen LogP contribution < -0.4 is 20.2 Å². The summed E-state index contributed by atoms with van der Waals surface area (Å²) in [6.45, 7) is 3.70. The number of nitro groups is 1. The molecule has 0 heterocycles. The number of nitro benzene ring substituents is 1. The number of methoxy groups -OCH3 is 1. The smallest absolute Gasteiger partial charge is 0.271 e. The van der Waals surface area contributed by atoms with Gasteiger partial charge in [-0.3, -0.25) is 19.7 Å². The molecule has 0 atom stereocenters. The van der Waals surface area contributed by atoms with Crippen molar-refractivity contribution in [2.24, 2.45) is 5.10 Å². The monoisotopic (exact) mass is 602 g/mol. The second kappa shape index (κ2) is 12.1. The fourth-order valence-electron chi connectivity index (χ4n) is 3.13. The van der Waals surface area contributed by atoms with Crippen LogP contribution in [0.3, 0.4) is 0 Å². The van der Waals surface area contributed by atoms with Crippen LogP contribution in [-0.4, -0.2) is 36.7 Å². The zero-order valence-electron chi connectivity index (χ0n) is 19.7. The summed E-state index contributed by atoms with van der Waals surface area (Å²) in [6, 6.07) is 14.3. The highest BCUT2D eigenvalue weighted by molar-refractivity contribution is 14.1. The van der Waals surface area contributed by atoms with Crippen molar-refractivity contribution in [1.82, 2.24) is 5.43 Å². The van der Waals surface area contributed by atoms with E-state index in [2.05, 4.69) is 38.4 Å². The average Bonchev–Trinajstić information content (AvgIpc) is 2.85. The number of rotatable bonds is 9. The van der Waals surface area contributed by atoms with E-state index in [4.69, 9.17) is 9.47 Å². The highest BCUT2D eigenvalue weighted by Gasteiger charge is 2.14. The van der Waals surface area contributed by atoms with Crippen LogP contribution in [0.1, 0.15) is 27.0 Å². The third kappa shape index (κ3) is 6.78. The lowest BCUT2D eigenvalue weighted by molar-refractivity contribution is -0.384. The number of nitrogens with one attached hydrogen (secondary N) is 2. The minimum atomic E-state index is -0.542. The number of ether oxygens (including phenoxy) is 2. The lowest BCUT2D eigenvalue weighted by Crippen LogP contribution is -2.21. The van der Waals surface area contributed by atoms with Gasteiger partial charge in [-0.05, 0) is 83.5 Å². The molecule has 0 radical (unpaired) electrons. The number of hydrogen-bond donors (Lipinski definition) is 2. The van der Waals surface area contributed by atoms with E-state index in [0.717, 1.165) is 16.8 Å². The summed E-state index contributed by atoms with van der Waals surface area (Å²) >= 11 is 2.06. The number of halogens is 1. The zero-order valence-corrected chi connectivity index (χ0v) is 21.9. The van der Waals surface area contributed by atoms with Gasteiger partial charge < -0.3 is 14.8 Å². The Hall–Kier alpha value is -4.00. The van der Waals surface area contributed by atoms with Gasteiger partial charge in [-0.15, -0.1) is 0 Å². The summed E-state index contributed by atoms with van der Waals surface area (Å²) in [4.78, 5) is 34.8. The van der Waals surface area contributed by atoms with E-state index in [-0.39, 0.29) is 23.8 Å². The summed E-state index contributed by atoms with van der Waals surface area (Å²) in [5.41, 5.74) is 5.90. The van der Waals surface area contributed by atoms with E-state index in [1.807, 2.05) is 32.0 Å². The summed E-state index contributed by atoms with van der Waals surface area (Å²) in [5, 5.41) is 17.5. The van der Waals surface area contributed by atoms with E-state index in [0.29, 0.717) is 20.6 Å². The quantitative estimate of drug-likeness (QED) is 0.159. The Kier molecular flexibility index (Phi) is 8.95. The molecular weight excluding hydrogens is 579 g/mol. The standard InChI is InChI=1S/C25H23IN4O6/c1-15-5-4-6-21(16(15)2)28-23(31)14-36-24-20(26)11-17(12-22(24)35-3)13-27-29-25(32)18-7-9-19(10-8-18)30(33)34/h4-13H,14H2,1-3H3,(H,28,31)(H,29,32)/b27-13+. The molecule has 3 rings (SSSR count). The highest BCUT2D eigenvalue weighted by atomic mass is 127. The zero-order chi connectivity index (χ0) is 26.2. The highest BCUT2D eigenvalue weighted by Crippen LogP contribution is 2.33. The van der Waals surface area contributed by atoms with Gasteiger partial charge in [-0.1, -0.05) is 12.1 Å². The van der Waals surface area contributed by atoms with Crippen molar-refractivity contribution in [2.75, 3.05) is 19.0 Å². The first kappa shape index (κ1) is 26.6. The minimum Gasteiger partial charge on any atom is -0.493 e. The fourth-order valence-corrected chi connectivity index (χ4v) is 3.91. The van der Waals surface area contributed by atoms with E-state index >= 15 is 0 Å². The molecule has 2 amide bonds. The fraction of sp³-hybridized carbons (Fsp3) is 0.160. The molecule has 186 valence electrons. The first-order chi connectivity index (χ1) is 17.2. The Morgan fingerprint density at radius 2 is 1.86 bits per heavy atom. The Morgan fingerprint density at radius 1 is 1.14 bits per heavy atom. The molecule has 0 fully saturated rings. The predicted molar refractivity (Wildman–Crippen MR) is 144 cm³/mol. The Balaban J connectivity index is 1.63. The molecule has 0 bridgehead atoms. The van der Waals surface area contributed by atoms with Crippen LogP contribution in [0, 0.1) is 27.5 Å². The van der Waals surface area contributed by atoms with Crippen molar-refractivity contribution in [3.05, 3.63) is 90.5 Å². The van der Waals surface area contributed by atoms with Crippen molar-refractivity contribution < 1.29 is 24.0 Å². The molecule has 3 aromatic carbocycles. The van der Waals surface area contributed by atoms with Crippen LogP contribution in [-0.2, 0) is 4.79 Å². The molecule has 0 aliphatic carbocycles. The third-order valence-electron chi connectivity index (χ3n) is 5.20. The van der Waals surface area contributed by atoms with Gasteiger partial charge in [0.1, 0.15) is 0 Å². The summed E-state index contributed by atoms with van der Waals surface area (Å²) in [5.74, 6) is -0.0235. The third-order valence-corrected chi connectivity index (χ3v) is 6.00. The van der Waals surface area contributed by atoms with Gasteiger partial charge in [0.25, 0.3) is 17.5 Å². The van der Waals surface area contributed by atoms with Crippen molar-refractivity contribution in [1.29, 1.82) is 0 Å². The van der Waals surface area contributed by atoms with Crippen molar-refractivity contribution in [2.45, 2.75) is 13.8 Å². The average molecular weight is 602 g/mol. The summed E-state index contributed by atoms with van der Waals surface area (Å²) in [6.07, 6.45) is 1.42. The van der Waals surface area contributed by atoms with Crippen LogP contribution in [0.5, 0.6) is 11.5 Å². The Bertz CT molecular complexity index is 1320. The van der Waals surface area contributed by atoms with Gasteiger partial charge in [0.05, 0.1) is 21.8 Å². The molecule has 0 saturated carbocycles. The molecule has 0 unspecified atom stereocenters. The van der Waals surface area contributed by atoms with Crippen LogP contribution in [0.4, 0.5) is 11.4 Å². The number of aryl methyl sites for hydroxylation is 1. The van der Waals surface area contributed by atoms with E-state index < -0.39 is 10.8 Å². The molecule has 2 N–H and O–H groups in total. The predicted octanol–water partition coefficient (Wildman–Crippen LogP) is 4.61. The van der Waals surface area contributed by atoms with Crippen LogP contribution in [0.25, 0.3) is 0 Å². The number of non-ortho nitro benzene ring substituents is 1. The van der Waals surface area contributed by atoms with Crippen molar-refractivity contribution in [3.8, 4) is 11.5 Å². The van der Waals surface area contributed by atoms with Crippen LogP contribution >= 0.6 is 22.6 Å².